The number of aromatic nitrogens is 5. The highest BCUT2D eigenvalue weighted by Crippen LogP contribution is 2.29. The van der Waals surface area contributed by atoms with Gasteiger partial charge in [-0.1, -0.05) is 30.3 Å². The molecule has 1 aliphatic rings. The second-order valence-electron chi connectivity index (χ2n) is 6.20. The number of rotatable bonds is 5. The highest BCUT2D eigenvalue weighted by Gasteiger charge is 2.26. The zero-order valence-electron chi connectivity index (χ0n) is 13.5. The summed E-state index contributed by atoms with van der Waals surface area (Å²) in [5.41, 5.74) is 2.28. The Bertz CT molecular complexity index is 808. The van der Waals surface area contributed by atoms with Gasteiger partial charge in [-0.2, -0.15) is 10.2 Å². The maximum Gasteiger partial charge on any atom is 0.181 e. The molecule has 0 amide bonds. The van der Waals surface area contributed by atoms with Crippen LogP contribution >= 0.6 is 0 Å². The first kappa shape index (κ1) is 15.1. The van der Waals surface area contributed by atoms with Crippen LogP contribution in [-0.4, -0.2) is 36.3 Å². The first-order valence-corrected chi connectivity index (χ1v) is 8.47. The zero-order chi connectivity index (χ0) is 16.4. The summed E-state index contributed by atoms with van der Waals surface area (Å²) in [7, 11) is 0. The lowest BCUT2D eigenvalue weighted by Crippen LogP contribution is -2.21. The lowest BCUT2D eigenvalue weighted by molar-refractivity contribution is 0.274. The first-order valence-electron chi connectivity index (χ1n) is 8.47. The van der Waals surface area contributed by atoms with Gasteiger partial charge in [-0.25, -0.2) is 9.67 Å². The largest absolute Gasteiger partial charge is 0.396 e. The van der Waals surface area contributed by atoms with E-state index in [-0.39, 0.29) is 6.61 Å². The van der Waals surface area contributed by atoms with E-state index in [2.05, 4.69) is 15.8 Å². The number of fused-ring (bicyclic) bond motifs is 1. The van der Waals surface area contributed by atoms with Crippen LogP contribution in [0.2, 0.25) is 0 Å². The van der Waals surface area contributed by atoms with Gasteiger partial charge in [-0.15, -0.1) is 0 Å². The third kappa shape index (κ3) is 2.85. The minimum atomic E-state index is 0.164. The molecule has 1 aliphatic heterocycles. The normalized spacial score (nSPS) is 17.0. The highest BCUT2D eigenvalue weighted by atomic mass is 16.3. The van der Waals surface area contributed by atoms with E-state index in [0.717, 1.165) is 36.6 Å². The Kier molecular flexibility index (Phi) is 4.13. The topological polar surface area (TPSA) is 68.8 Å². The van der Waals surface area contributed by atoms with Gasteiger partial charge in [-0.05, 0) is 25.3 Å². The van der Waals surface area contributed by atoms with Crippen LogP contribution in [0.3, 0.4) is 0 Å². The van der Waals surface area contributed by atoms with Crippen molar-refractivity contribution in [2.75, 3.05) is 6.61 Å². The third-order valence-electron chi connectivity index (χ3n) is 4.57. The fourth-order valence-corrected chi connectivity index (χ4v) is 3.34. The van der Waals surface area contributed by atoms with Gasteiger partial charge in [0.25, 0.3) is 0 Å². The van der Waals surface area contributed by atoms with E-state index in [1.807, 2.05) is 41.2 Å². The van der Waals surface area contributed by atoms with Gasteiger partial charge in [0, 0.05) is 43.1 Å². The number of nitrogens with zero attached hydrogens (tertiary/aromatic N) is 5. The van der Waals surface area contributed by atoms with Crippen LogP contribution in [0.5, 0.6) is 0 Å². The molecule has 3 aromatic rings. The molecule has 0 spiro atoms. The van der Waals surface area contributed by atoms with E-state index in [1.165, 1.54) is 5.69 Å². The van der Waals surface area contributed by atoms with Crippen molar-refractivity contribution in [3.05, 3.63) is 54.1 Å². The molecule has 2 aromatic heterocycles. The summed E-state index contributed by atoms with van der Waals surface area (Å²) in [4.78, 5) is 4.85. The van der Waals surface area contributed by atoms with Crippen molar-refractivity contribution in [3.8, 4) is 11.4 Å². The summed E-state index contributed by atoms with van der Waals surface area (Å²) in [5.74, 6) is 2.13. The van der Waals surface area contributed by atoms with Crippen LogP contribution in [-0.2, 0) is 19.5 Å². The monoisotopic (exact) mass is 323 g/mol. The predicted molar refractivity (Wildman–Crippen MR) is 90.4 cm³/mol. The van der Waals surface area contributed by atoms with E-state index in [1.54, 1.807) is 0 Å². The average molecular weight is 323 g/mol. The summed E-state index contributed by atoms with van der Waals surface area (Å²) >= 11 is 0. The Hall–Kier alpha value is -2.47. The summed E-state index contributed by atoms with van der Waals surface area (Å²) in [6, 6.07) is 12.1. The predicted octanol–water partition coefficient (Wildman–Crippen LogP) is 2.25. The fourth-order valence-electron chi connectivity index (χ4n) is 3.34. The number of aliphatic hydroxyl groups is 1. The van der Waals surface area contributed by atoms with Crippen molar-refractivity contribution in [2.45, 2.75) is 38.3 Å². The van der Waals surface area contributed by atoms with Crippen molar-refractivity contribution >= 4 is 0 Å². The van der Waals surface area contributed by atoms with Crippen molar-refractivity contribution in [1.29, 1.82) is 0 Å². The van der Waals surface area contributed by atoms with Gasteiger partial charge in [-0.3, -0.25) is 4.68 Å². The summed E-state index contributed by atoms with van der Waals surface area (Å²) in [6.45, 7) is 1.78. The zero-order valence-corrected chi connectivity index (χ0v) is 13.5. The van der Waals surface area contributed by atoms with E-state index in [9.17, 15) is 5.11 Å². The van der Waals surface area contributed by atoms with E-state index >= 15 is 0 Å². The van der Waals surface area contributed by atoms with E-state index in [0.29, 0.717) is 18.9 Å². The minimum absolute atomic E-state index is 0.164. The second-order valence-corrected chi connectivity index (χ2v) is 6.20. The minimum Gasteiger partial charge on any atom is -0.396 e. The molecule has 0 saturated heterocycles. The number of aliphatic hydroxyl groups excluding tert-OH is 1. The SMILES string of the molecule is OCCCn1nc(-c2ccccc2)nc1C1CCn2nccc2C1. The smallest absolute Gasteiger partial charge is 0.181 e. The maximum absolute atomic E-state index is 9.18. The molecule has 6 nitrogen and oxygen atoms in total. The Labute approximate surface area is 140 Å². The molecule has 6 heteroatoms. The highest BCUT2D eigenvalue weighted by molar-refractivity contribution is 5.54. The molecular weight excluding hydrogens is 302 g/mol. The van der Waals surface area contributed by atoms with Gasteiger partial charge in [0.1, 0.15) is 5.82 Å². The summed E-state index contributed by atoms with van der Waals surface area (Å²) in [5, 5.41) is 18.2. The number of hydrogen-bond donors (Lipinski definition) is 1. The number of benzene rings is 1. The Balaban J connectivity index is 1.67. The molecule has 4 rings (SSSR count). The molecule has 0 radical (unpaired) electrons. The van der Waals surface area contributed by atoms with Gasteiger partial charge in [0.05, 0.1) is 0 Å². The molecular formula is C18H21N5O. The van der Waals surface area contributed by atoms with Crippen molar-refractivity contribution in [2.24, 2.45) is 0 Å². The van der Waals surface area contributed by atoms with Crippen LogP contribution in [0, 0.1) is 0 Å². The molecule has 3 heterocycles. The van der Waals surface area contributed by atoms with E-state index < -0.39 is 0 Å². The molecule has 1 unspecified atom stereocenters. The van der Waals surface area contributed by atoms with Crippen molar-refractivity contribution < 1.29 is 5.11 Å². The second kappa shape index (κ2) is 6.57. The molecule has 1 aromatic carbocycles. The lowest BCUT2D eigenvalue weighted by Gasteiger charge is -2.22. The van der Waals surface area contributed by atoms with Gasteiger partial charge in [0.2, 0.25) is 0 Å². The standard InChI is InChI=1S/C18H21N5O/c24-12-4-10-23-18(15-8-11-22-16(13-15)7-9-19-22)20-17(21-23)14-5-2-1-3-6-14/h1-3,5-7,9,15,24H,4,8,10-13H2. The van der Waals surface area contributed by atoms with Crippen LogP contribution in [0.4, 0.5) is 0 Å². The molecule has 1 N–H and O–H groups in total. The van der Waals surface area contributed by atoms with Crippen LogP contribution in [0.25, 0.3) is 11.4 Å². The third-order valence-corrected chi connectivity index (χ3v) is 4.57. The molecule has 1 atom stereocenters. The first-order chi connectivity index (χ1) is 11.8. The molecule has 0 fully saturated rings. The fraction of sp³-hybridized carbons (Fsp3) is 0.389. The quantitative estimate of drug-likeness (QED) is 0.782. The molecule has 124 valence electrons. The maximum atomic E-state index is 9.18. The van der Waals surface area contributed by atoms with Gasteiger partial charge in [0.15, 0.2) is 5.82 Å². The Morgan fingerprint density at radius 3 is 2.88 bits per heavy atom. The molecule has 0 saturated carbocycles. The van der Waals surface area contributed by atoms with Crippen molar-refractivity contribution in [3.63, 3.8) is 0 Å². The average Bonchev–Trinajstić information content (AvgIpc) is 3.26. The van der Waals surface area contributed by atoms with E-state index in [4.69, 9.17) is 10.1 Å². The Morgan fingerprint density at radius 2 is 2.04 bits per heavy atom. The van der Waals surface area contributed by atoms with Crippen LogP contribution in [0.1, 0.15) is 30.3 Å². The van der Waals surface area contributed by atoms with Crippen molar-refractivity contribution in [1.82, 2.24) is 24.5 Å². The Morgan fingerprint density at radius 1 is 1.17 bits per heavy atom. The lowest BCUT2D eigenvalue weighted by atomic mass is 9.95. The van der Waals surface area contributed by atoms with Gasteiger partial charge >= 0.3 is 0 Å². The summed E-state index contributed by atoms with van der Waals surface area (Å²) in [6.07, 6.45) is 4.51. The molecule has 0 aliphatic carbocycles. The summed E-state index contributed by atoms with van der Waals surface area (Å²) < 4.78 is 4.05. The number of hydrogen-bond acceptors (Lipinski definition) is 4. The van der Waals surface area contributed by atoms with Gasteiger partial charge < -0.3 is 5.11 Å². The number of aryl methyl sites for hydroxylation is 2. The molecule has 0 bridgehead atoms. The van der Waals surface area contributed by atoms with Crippen LogP contribution < -0.4 is 0 Å². The van der Waals surface area contributed by atoms with Crippen LogP contribution in [0.15, 0.2) is 42.6 Å². The molecule has 24 heavy (non-hydrogen) atoms.